The van der Waals surface area contributed by atoms with Crippen LogP contribution in [0.2, 0.25) is 0 Å². The Hall–Kier alpha value is -0.930. The molecule has 85 valence electrons. The summed E-state index contributed by atoms with van der Waals surface area (Å²) in [5, 5.41) is 0. The monoisotopic (exact) mass is 267 g/mol. The minimum Gasteiger partial charge on any atom is -0.318 e. The summed E-state index contributed by atoms with van der Waals surface area (Å²) in [5.41, 5.74) is -0.116. The molecule has 0 spiro atoms. The van der Waals surface area contributed by atoms with E-state index in [1.165, 1.54) is 18.2 Å². The molecule has 0 N–H and O–H groups in total. The first kappa shape index (κ1) is 14.1. The first-order chi connectivity index (χ1) is 7.48. The van der Waals surface area contributed by atoms with Crippen molar-refractivity contribution in [3.63, 3.8) is 0 Å². The van der Waals surface area contributed by atoms with Gasteiger partial charge in [-0.3, -0.25) is 4.89 Å². The summed E-state index contributed by atoms with van der Waals surface area (Å²) in [4.78, 5) is 26.4. The van der Waals surface area contributed by atoms with Gasteiger partial charge in [-0.15, -0.1) is 0 Å². The van der Waals surface area contributed by atoms with Crippen LogP contribution in [0.1, 0.15) is 20.7 Å². The van der Waals surface area contributed by atoms with Gasteiger partial charge < -0.3 is 4.18 Å². The smallest absolute Gasteiger partial charge is 0.318 e. The molecule has 0 fully saturated rings. The van der Waals surface area contributed by atoms with E-state index < -0.39 is 22.3 Å². The number of hydrogen-bond donors (Lipinski definition) is 0. The average molecular weight is 267 g/mol. The number of carbonyl (C=O) groups excluding carboxylic acids is 2. The van der Waals surface area contributed by atoms with Crippen molar-refractivity contribution >= 4 is 51.9 Å². The van der Waals surface area contributed by atoms with E-state index in [9.17, 15) is 18.0 Å². The second-order valence-corrected chi connectivity index (χ2v) is 3.92. The van der Waals surface area contributed by atoms with Gasteiger partial charge in [0.2, 0.25) is 0 Å². The third-order valence-electron chi connectivity index (χ3n) is 1.70. The maximum atomic E-state index is 11.3. The van der Waals surface area contributed by atoms with Crippen LogP contribution < -0.4 is 0 Å². The Morgan fingerprint density at radius 1 is 1.00 bits per heavy atom. The Labute approximate surface area is 118 Å². The normalized spacial score (nSPS) is 17.6. The molecule has 2 rings (SSSR count). The van der Waals surface area contributed by atoms with Crippen LogP contribution in [-0.2, 0) is 23.8 Å². The van der Waals surface area contributed by atoms with E-state index >= 15 is 0 Å². The Morgan fingerprint density at radius 2 is 1.59 bits per heavy atom. The third-order valence-corrected chi connectivity index (χ3v) is 2.29. The first-order valence-corrected chi connectivity index (χ1v) is 5.30. The Morgan fingerprint density at radius 3 is 2.24 bits per heavy atom. The molecule has 0 saturated heterocycles. The Kier molecular flexibility index (Phi) is 4.28. The zero-order valence-electron chi connectivity index (χ0n) is 8.58. The maximum absolute atomic E-state index is 11.3. The van der Waals surface area contributed by atoms with Crippen molar-refractivity contribution in [3.8, 4) is 0 Å². The van der Waals surface area contributed by atoms with Gasteiger partial charge in [0.15, 0.2) is 0 Å². The van der Waals surface area contributed by atoms with Crippen molar-refractivity contribution < 1.29 is 31.4 Å². The van der Waals surface area contributed by atoms with E-state index in [0.29, 0.717) is 0 Å². The van der Waals surface area contributed by atoms with Gasteiger partial charge in [-0.1, -0.05) is 6.07 Å². The molecule has 1 radical (unpaired) electrons. The van der Waals surface area contributed by atoms with Crippen LogP contribution in [0.15, 0.2) is 24.3 Å². The molecule has 0 atom stereocenters. The molecule has 17 heavy (non-hydrogen) atoms. The second-order valence-electron chi connectivity index (χ2n) is 2.80. The number of carbonyl (C=O) groups is 2. The molecule has 1 aliphatic heterocycles. The molecule has 0 aliphatic carbocycles. The van der Waals surface area contributed by atoms with Crippen molar-refractivity contribution in [2.24, 2.45) is 0 Å². The summed E-state index contributed by atoms with van der Waals surface area (Å²) in [6, 6.07) is 5.14. The number of hydrogen-bond acceptors (Lipinski definition) is 7. The van der Waals surface area contributed by atoms with Gasteiger partial charge >= 0.3 is 22.3 Å². The number of rotatable bonds is 0. The maximum Gasteiger partial charge on any atom is 0.488 e. The summed E-state index contributed by atoms with van der Waals surface area (Å²) in [6.45, 7) is 0. The molecule has 0 aromatic heterocycles. The second kappa shape index (κ2) is 5.15. The molecule has 1 aromatic rings. The average Bonchev–Trinajstić information content (AvgIpc) is 2.27. The summed E-state index contributed by atoms with van der Waals surface area (Å²) in [5.74, 6) is -2.19. The standard InChI is InChI=1S/C8H4O7S.Na/c9-7-5-2-1-3-6(4-5)8(10)14-16(11,12)15-13-7;/h1-4H;. The van der Waals surface area contributed by atoms with Crippen LogP contribution in [-0.4, -0.2) is 49.9 Å². The van der Waals surface area contributed by atoms with Gasteiger partial charge in [-0.25, -0.2) is 9.59 Å². The van der Waals surface area contributed by atoms with Crippen LogP contribution >= 0.6 is 0 Å². The number of fused-ring (bicyclic) bond motifs is 2. The minimum atomic E-state index is -4.68. The van der Waals surface area contributed by atoms with E-state index in [4.69, 9.17) is 0 Å². The molecule has 1 aliphatic rings. The van der Waals surface area contributed by atoms with Crippen LogP contribution in [0, 0.1) is 0 Å². The van der Waals surface area contributed by atoms with Crippen LogP contribution in [0.4, 0.5) is 0 Å². The molecule has 0 unspecified atom stereocenters. The van der Waals surface area contributed by atoms with Gasteiger partial charge in [0, 0.05) is 29.6 Å². The fourth-order valence-corrected chi connectivity index (χ4v) is 1.50. The van der Waals surface area contributed by atoms with Crippen LogP contribution in [0.3, 0.4) is 0 Å². The van der Waals surface area contributed by atoms with Crippen molar-refractivity contribution in [2.45, 2.75) is 0 Å². The molecule has 9 heteroatoms. The third kappa shape index (κ3) is 3.27. The van der Waals surface area contributed by atoms with Gasteiger partial charge in [-0.05, 0) is 22.5 Å². The fourth-order valence-electron chi connectivity index (χ4n) is 1.05. The van der Waals surface area contributed by atoms with Crippen LogP contribution in [0.5, 0.6) is 0 Å². The van der Waals surface area contributed by atoms with E-state index in [0.717, 1.165) is 6.07 Å². The van der Waals surface area contributed by atoms with E-state index in [2.05, 4.69) is 13.4 Å². The summed E-state index contributed by atoms with van der Waals surface area (Å²) in [7, 11) is -4.68. The van der Waals surface area contributed by atoms with Crippen LogP contribution in [0.25, 0.3) is 0 Å². The zero-order valence-corrected chi connectivity index (χ0v) is 11.4. The van der Waals surface area contributed by atoms with Crippen molar-refractivity contribution in [3.05, 3.63) is 35.4 Å². The Balaban J connectivity index is 0.00000144. The summed E-state index contributed by atoms with van der Waals surface area (Å²) >= 11 is 0. The van der Waals surface area contributed by atoms with E-state index in [1.54, 1.807) is 0 Å². The molecule has 1 aromatic carbocycles. The largest absolute Gasteiger partial charge is 0.488 e. The van der Waals surface area contributed by atoms with Gasteiger partial charge in [0.1, 0.15) is 0 Å². The van der Waals surface area contributed by atoms with Crippen molar-refractivity contribution in [1.82, 2.24) is 0 Å². The fraction of sp³-hybridized carbons (Fsp3) is 0. The predicted octanol–water partition coefficient (Wildman–Crippen LogP) is -0.191. The summed E-state index contributed by atoms with van der Waals surface area (Å²) in [6.07, 6.45) is 0. The quantitative estimate of drug-likeness (QED) is 0.474. The predicted molar refractivity (Wildman–Crippen MR) is 53.0 cm³/mol. The summed E-state index contributed by atoms with van der Waals surface area (Å²) < 4.78 is 29.5. The van der Waals surface area contributed by atoms with E-state index in [1.807, 2.05) is 0 Å². The molecule has 0 saturated carbocycles. The molecule has 2 bridgehead atoms. The zero-order chi connectivity index (χ0) is 11.8. The van der Waals surface area contributed by atoms with Crippen molar-refractivity contribution in [2.75, 3.05) is 0 Å². The minimum absolute atomic E-state index is 0. The molecule has 7 nitrogen and oxygen atoms in total. The molecule has 0 amide bonds. The van der Waals surface area contributed by atoms with Crippen molar-refractivity contribution in [1.29, 1.82) is 0 Å². The number of benzene rings is 1. The molecular formula is C8H4NaO7S. The topological polar surface area (TPSA) is 96.0 Å². The first-order valence-electron chi connectivity index (χ1n) is 3.97. The molecule has 1 heterocycles. The SMILES string of the molecule is O=C1OOS(=O)(=O)OC(=O)c2cccc1c2.[Na]. The van der Waals surface area contributed by atoms with Gasteiger partial charge in [0.25, 0.3) is 0 Å². The van der Waals surface area contributed by atoms with Gasteiger partial charge in [0.05, 0.1) is 11.1 Å². The van der Waals surface area contributed by atoms with Gasteiger partial charge in [-0.2, -0.15) is 8.42 Å². The van der Waals surface area contributed by atoms with E-state index in [-0.39, 0.29) is 40.7 Å². The Bertz CT molecular complexity index is 565. The molecular weight excluding hydrogens is 263 g/mol.